The Kier molecular flexibility index (Phi) is 3.89. The highest BCUT2D eigenvalue weighted by molar-refractivity contribution is 5.45. The summed E-state index contributed by atoms with van der Waals surface area (Å²) >= 11 is 0. The lowest BCUT2D eigenvalue weighted by molar-refractivity contribution is 0.585. The van der Waals surface area contributed by atoms with Gasteiger partial charge >= 0.3 is 0 Å². The molecule has 0 saturated heterocycles. The van der Waals surface area contributed by atoms with Crippen LogP contribution in [0.3, 0.4) is 0 Å². The standard InChI is InChI=1S/C14H14F2N2/c15-12-4-5-14(13(16)7-12)18-9-11-3-1-2-10(6-11)8-17/h1-7,18H,8-9,17H2. The van der Waals surface area contributed by atoms with E-state index in [4.69, 9.17) is 5.73 Å². The summed E-state index contributed by atoms with van der Waals surface area (Å²) in [6.45, 7) is 0.940. The fraction of sp³-hybridized carbons (Fsp3) is 0.143. The first-order chi connectivity index (χ1) is 8.69. The smallest absolute Gasteiger partial charge is 0.149 e. The Balaban J connectivity index is 2.06. The van der Waals surface area contributed by atoms with Crippen molar-refractivity contribution in [2.45, 2.75) is 13.1 Å². The number of halogens is 2. The maximum absolute atomic E-state index is 13.4. The second kappa shape index (κ2) is 5.60. The zero-order valence-electron chi connectivity index (χ0n) is 9.79. The Labute approximate surface area is 104 Å². The molecule has 0 radical (unpaired) electrons. The number of hydrogen-bond acceptors (Lipinski definition) is 2. The van der Waals surface area contributed by atoms with Crippen molar-refractivity contribution in [1.82, 2.24) is 0 Å². The summed E-state index contributed by atoms with van der Waals surface area (Å²) in [5.41, 5.74) is 7.85. The van der Waals surface area contributed by atoms with Crippen molar-refractivity contribution in [3.8, 4) is 0 Å². The number of nitrogens with one attached hydrogen (secondary N) is 1. The first-order valence-electron chi connectivity index (χ1n) is 5.66. The van der Waals surface area contributed by atoms with Gasteiger partial charge in [0.25, 0.3) is 0 Å². The molecule has 4 heteroatoms. The highest BCUT2D eigenvalue weighted by atomic mass is 19.1. The van der Waals surface area contributed by atoms with Gasteiger partial charge in [-0.3, -0.25) is 0 Å². The lowest BCUT2D eigenvalue weighted by Crippen LogP contribution is -2.03. The van der Waals surface area contributed by atoms with Crippen molar-refractivity contribution in [1.29, 1.82) is 0 Å². The number of anilines is 1. The number of nitrogens with two attached hydrogens (primary N) is 1. The molecule has 0 aliphatic carbocycles. The molecule has 0 unspecified atom stereocenters. The molecule has 0 fully saturated rings. The Morgan fingerprint density at radius 2 is 1.78 bits per heavy atom. The number of benzene rings is 2. The van der Waals surface area contributed by atoms with E-state index in [2.05, 4.69) is 5.32 Å². The Morgan fingerprint density at radius 1 is 1.00 bits per heavy atom. The van der Waals surface area contributed by atoms with E-state index in [1.54, 1.807) is 0 Å². The molecule has 94 valence electrons. The van der Waals surface area contributed by atoms with Crippen LogP contribution in [-0.4, -0.2) is 0 Å². The van der Waals surface area contributed by atoms with Crippen LogP contribution in [0, 0.1) is 11.6 Å². The Morgan fingerprint density at radius 3 is 2.50 bits per heavy atom. The normalized spacial score (nSPS) is 10.4. The third-order valence-corrected chi connectivity index (χ3v) is 2.64. The van der Waals surface area contributed by atoms with Crippen molar-refractivity contribution >= 4 is 5.69 Å². The summed E-state index contributed by atoms with van der Waals surface area (Å²) in [5.74, 6) is -1.17. The lowest BCUT2D eigenvalue weighted by atomic mass is 10.1. The predicted octanol–water partition coefficient (Wildman–Crippen LogP) is 3.04. The van der Waals surface area contributed by atoms with E-state index < -0.39 is 11.6 Å². The minimum atomic E-state index is -0.593. The van der Waals surface area contributed by atoms with Crippen LogP contribution in [0.15, 0.2) is 42.5 Å². The molecule has 0 amide bonds. The molecular formula is C14H14F2N2. The molecule has 0 bridgehead atoms. The zero-order chi connectivity index (χ0) is 13.0. The largest absolute Gasteiger partial charge is 0.379 e. The van der Waals surface area contributed by atoms with Crippen LogP contribution in [0.4, 0.5) is 14.5 Å². The molecule has 0 aromatic heterocycles. The van der Waals surface area contributed by atoms with Gasteiger partial charge in [-0.05, 0) is 23.3 Å². The van der Waals surface area contributed by atoms with Crippen LogP contribution in [-0.2, 0) is 13.1 Å². The van der Waals surface area contributed by atoms with Gasteiger partial charge in [0.1, 0.15) is 11.6 Å². The molecule has 3 N–H and O–H groups in total. The zero-order valence-corrected chi connectivity index (χ0v) is 9.79. The van der Waals surface area contributed by atoms with Gasteiger partial charge in [0, 0.05) is 19.2 Å². The molecule has 0 heterocycles. The van der Waals surface area contributed by atoms with Crippen molar-refractivity contribution in [3.63, 3.8) is 0 Å². The summed E-state index contributed by atoms with van der Waals surface area (Å²) in [4.78, 5) is 0. The molecule has 2 rings (SSSR count). The average Bonchev–Trinajstić information content (AvgIpc) is 2.38. The van der Waals surface area contributed by atoms with Crippen LogP contribution in [0.2, 0.25) is 0 Å². The van der Waals surface area contributed by atoms with Crippen molar-refractivity contribution in [2.24, 2.45) is 5.73 Å². The maximum atomic E-state index is 13.4. The highest BCUT2D eigenvalue weighted by Crippen LogP contribution is 2.16. The fourth-order valence-electron chi connectivity index (χ4n) is 1.70. The van der Waals surface area contributed by atoms with Crippen molar-refractivity contribution in [2.75, 3.05) is 5.32 Å². The maximum Gasteiger partial charge on any atom is 0.149 e. The van der Waals surface area contributed by atoms with E-state index in [1.807, 2.05) is 24.3 Å². The van der Waals surface area contributed by atoms with Gasteiger partial charge in [0.15, 0.2) is 0 Å². The van der Waals surface area contributed by atoms with E-state index in [-0.39, 0.29) is 5.69 Å². The summed E-state index contributed by atoms with van der Waals surface area (Å²) in [7, 11) is 0. The summed E-state index contributed by atoms with van der Waals surface area (Å²) in [5, 5.41) is 2.93. The molecule has 0 aliphatic rings. The SMILES string of the molecule is NCc1cccc(CNc2ccc(F)cc2F)c1. The van der Waals surface area contributed by atoms with Gasteiger partial charge in [0.2, 0.25) is 0 Å². The molecule has 2 aromatic carbocycles. The van der Waals surface area contributed by atoms with E-state index in [0.717, 1.165) is 17.2 Å². The number of rotatable bonds is 4. The van der Waals surface area contributed by atoms with Crippen molar-refractivity contribution < 1.29 is 8.78 Å². The van der Waals surface area contributed by atoms with E-state index in [9.17, 15) is 8.78 Å². The van der Waals surface area contributed by atoms with Gasteiger partial charge in [-0.25, -0.2) is 8.78 Å². The van der Waals surface area contributed by atoms with E-state index >= 15 is 0 Å². The lowest BCUT2D eigenvalue weighted by Gasteiger charge is -2.08. The van der Waals surface area contributed by atoms with Gasteiger partial charge in [0.05, 0.1) is 5.69 Å². The van der Waals surface area contributed by atoms with Crippen LogP contribution in [0.5, 0.6) is 0 Å². The monoisotopic (exact) mass is 248 g/mol. The quantitative estimate of drug-likeness (QED) is 0.872. The second-order valence-corrected chi connectivity index (χ2v) is 4.00. The predicted molar refractivity (Wildman–Crippen MR) is 68.0 cm³/mol. The Bertz CT molecular complexity index is 541. The minimum absolute atomic E-state index is 0.287. The average molecular weight is 248 g/mol. The van der Waals surface area contributed by atoms with Crippen LogP contribution in [0.1, 0.15) is 11.1 Å². The van der Waals surface area contributed by atoms with Gasteiger partial charge in [-0.15, -0.1) is 0 Å². The molecule has 0 saturated carbocycles. The highest BCUT2D eigenvalue weighted by Gasteiger charge is 2.03. The minimum Gasteiger partial charge on any atom is -0.379 e. The molecule has 2 nitrogen and oxygen atoms in total. The van der Waals surface area contributed by atoms with E-state index in [0.29, 0.717) is 13.1 Å². The summed E-state index contributed by atoms with van der Waals surface area (Å²) < 4.78 is 26.1. The van der Waals surface area contributed by atoms with Gasteiger partial charge < -0.3 is 11.1 Å². The van der Waals surface area contributed by atoms with Gasteiger partial charge in [-0.1, -0.05) is 24.3 Å². The summed E-state index contributed by atoms with van der Waals surface area (Å²) in [6.07, 6.45) is 0. The molecule has 0 spiro atoms. The third-order valence-electron chi connectivity index (χ3n) is 2.64. The number of hydrogen-bond donors (Lipinski definition) is 2. The molecular weight excluding hydrogens is 234 g/mol. The van der Waals surface area contributed by atoms with Crippen LogP contribution in [0.25, 0.3) is 0 Å². The first-order valence-corrected chi connectivity index (χ1v) is 5.66. The van der Waals surface area contributed by atoms with Crippen LogP contribution < -0.4 is 11.1 Å². The topological polar surface area (TPSA) is 38.0 Å². The van der Waals surface area contributed by atoms with Crippen LogP contribution >= 0.6 is 0 Å². The second-order valence-electron chi connectivity index (χ2n) is 4.00. The Hall–Kier alpha value is -1.94. The third kappa shape index (κ3) is 3.05. The van der Waals surface area contributed by atoms with E-state index in [1.165, 1.54) is 12.1 Å². The van der Waals surface area contributed by atoms with Gasteiger partial charge in [-0.2, -0.15) is 0 Å². The molecule has 18 heavy (non-hydrogen) atoms. The molecule has 2 aromatic rings. The van der Waals surface area contributed by atoms with Crippen molar-refractivity contribution in [3.05, 3.63) is 65.2 Å². The molecule has 0 aliphatic heterocycles. The summed E-state index contributed by atoms with van der Waals surface area (Å²) in [6, 6.07) is 11.2. The fourth-order valence-corrected chi connectivity index (χ4v) is 1.70. The first kappa shape index (κ1) is 12.5. The molecule has 0 atom stereocenters.